The van der Waals surface area contributed by atoms with Crippen LogP contribution in [0.4, 0.5) is 25.8 Å². The Balaban J connectivity index is 1.67. The molecule has 2 heterocycles. The van der Waals surface area contributed by atoms with Gasteiger partial charge in [-0.1, -0.05) is 13.0 Å². The van der Waals surface area contributed by atoms with Gasteiger partial charge in [-0.15, -0.1) is 0 Å². The molecule has 1 atom stereocenters. The van der Waals surface area contributed by atoms with Gasteiger partial charge in [0.15, 0.2) is 11.3 Å². The number of nitrogens with two attached hydrogens (primary N) is 1. The van der Waals surface area contributed by atoms with Crippen LogP contribution < -0.4 is 15.2 Å². The minimum Gasteiger partial charge on any atom is -0.475 e. The van der Waals surface area contributed by atoms with Crippen molar-refractivity contribution in [3.05, 3.63) is 57.8 Å². The maximum absolute atomic E-state index is 15.3. The summed E-state index contributed by atoms with van der Waals surface area (Å²) >= 11 is 0. The molecule has 0 aliphatic carbocycles. The predicted molar refractivity (Wildman–Crippen MR) is 135 cm³/mol. The third-order valence-corrected chi connectivity index (χ3v) is 7.49. The molecule has 38 heavy (non-hydrogen) atoms. The van der Waals surface area contributed by atoms with Crippen LogP contribution in [0.3, 0.4) is 0 Å². The van der Waals surface area contributed by atoms with Gasteiger partial charge in [-0.3, -0.25) is 15.0 Å². The van der Waals surface area contributed by atoms with Crippen molar-refractivity contribution >= 4 is 38.1 Å². The monoisotopic (exact) mass is 552 g/mol. The lowest BCUT2D eigenvalue weighted by atomic mass is 10.1. The van der Waals surface area contributed by atoms with E-state index in [2.05, 4.69) is 20.2 Å². The summed E-state index contributed by atoms with van der Waals surface area (Å²) in [5.41, 5.74) is -1.98. The Labute approximate surface area is 217 Å². The normalized spacial score (nSPS) is 15.4. The van der Waals surface area contributed by atoms with Crippen molar-refractivity contribution < 1.29 is 31.6 Å². The van der Waals surface area contributed by atoms with Crippen LogP contribution in [0.15, 0.2) is 30.5 Å². The van der Waals surface area contributed by atoms with E-state index in [1.165, 1.54) is 25.3 Å². The molecule has 204 valence electrons. The van der Waals surface area contributed by atoms with Crippen molar-refractivity contribution in [1.29, 1.82) is 0 Å². The number of benzene rings is 2. The van der Waals surface area contributed by atoms with Gasteiger partial charge in [0.25, 0.3) is 0 Å². The molecule has 0 spiro atoms. The second-order valence-electron chi connectivity index (χ2n) is 8.53. The number of hydrogen-bond acceptors (Lipinski definition) is 10. The molecule has 1 unspecified atom stereocenters. The summed E-state index contributed by atoms with van der Waals surface area (Å²) in [5, 5.41) is 18.2. The van der Waals surface area contributed by atoms with Crippen molar-refractivity contribution in [3.8, 4) is 5.88 Å². The van der Waals surface area contributed by atoms with Crippen molar-refractivity contribution in [2.45, 2.75) is 18.6 Å². The Morgan fingerprint density at radius 1 is 1.26 bits per heavy atom. The van der Waals surface area contributed by atoms with E-state index in [-0.39, 0.29) is 41.2 Å². The second-order valence-corrected chi connectivity index (χ2v) is 10.3. The number of halogens is 2. The van der Waals surface area contributed by atoms with E-state index in [4.69, 9.17) is 14.6 Å². The SMILES string of the molecule is CCC(c1ccc(F)c(Nc2ccc3ncc(OCCN4CCOCC4)nc3c2[N+](=O)[O-])c1F)S(N)(=O)=O. The number of nitrogens with one attached hydrogen (secondary N) is 1. The van der Waals surface area contributed by atoms with Crippen LogP contribution in [0.1, 0.15) is 24.2 Å². The van der Waals surface area contributed by atoms with Gasteiger partial charge in [0.2, 0.25) is 15.9 Å². The van der Waals surface area contributed by atoms with Gasteiger partial charge < -0.3 is 14.8 Å². The maximum atomic E-state index is 15.3. The second kappa shape index (κ2) is 11.5. The molecule has 1 fully saturated rings. The Bertz CT molecular complexity index is 1450. The van der Waals surface area contributed by atoms with Crippen molar-refractivity contribution in [2.75, 3.05) is 44.8 Å². The lowest BCUT2D eigenvalue weighted by Gasteiger charge is -2.26. The molecule has 1 aliphatic heterocycles. The number of hydrogen-bond donors (Lipinski definition) is 2. The fourth-order valence-corrected chi connectivity index (χ4v) is 5.20. The molecule has 12 nitrogen and oxygen atoms in total. The summed E-state index contributed by atoms with van der Waals surface area (Å²) in [4.78, 5) is 21.8. The first kappa shape index (κ1) is 27.5. The average molecular weight is 553 g/mol. The maximum Gasteiger partial charge on any atom is 0.320 e. The number of anilines is 2. The highest BCUT2D eigenvalue weighted by Crippen LogP contribution is 2.38. The summed E-state index contributed by atoms with van der Waals surface area (Å²) < 4.78 is 64.8. The number of primary sulfonamides is 1. The number of nitro groups is 1. The van der Waals surface area contributed by atoms with Gasteiger partial charge in [-0.25, -0.2) is 32.3 Å². The molecule has 0 amide bonds. The van der Waals surface area contributed by atoms with Crippen LogP contribution in [-0.4, -0.2) is 67.7 Å². The number of rotatable bonds is 10. The minimum absolute atomic E-state index is 0.0457. The molecule has 1 aromatic heterocycles. The largest absolute Gasteiger partial charge is 0.475 e. The Morgan fingerprint density at radius 3 is 2.66 bits per heavy atom. The standard InChI is InChI=1S/C23H26F2N6O6S/c1-2-18(38(26,34)35)14-3-4-15(24)21(20(14)25)28-17-6-5-16-22(23(17)31(32)33)29-19(13-27-16)37-12-9-30-7-10-36-11-8-30/h3-6,13,18,28H,2,7-12H2,1H3,(H2,26,34,35). The zero-order valence-electron chi connectivity index (χ0n) is 20.4. The summed E-state index contributed by atoms with van der Waals surface area (Å²) in [7, 11) is -4.20. The van der Waals surface area contributed by atoms with E-state index in [9.17, 15) is 22.9 Å². The van der Waals surface area contributed by atoms with Gasteiger partial charge >= 0.3 is 5.69 Å². The van der Waals surface area contributed by atoms with Crippen LogP contribution in [0.5, 0.6) is 5.88 Å². The smallest absolute Gasteiger partial charge is 0.320 e. The van der Waals surface area contributed by atoms with Crippen LogP contribution in [0.2, 0.25) is 0 Å². The van der Waals surface area contributed by atoms with E-state index in [0.29, 0.717) is 19.8 Å². The molecule has 2 aromatic carbocycles. The molecule has 1 saturated heterocycles. The molecule has 3 N–H and O–H groups in total. The Hall–Kier alpha value is -3.53. The molecule has 15 heteroatoms. The number of sulfonamides is 1. The Morgan fingerprint density at radius 2 is 2.00 bits per heavy atom. The summed E-state index contributed by atoms with van der Waals surface area (Å²) in [6.45, 7) is 5.12. The molecule has 4 rings (SSSR count). The zero-order valence-corrected chi connectivity index (χ0v) is 21.2. The minimum atomic E-state index is -4.20. The van der Waals surface area contributed by atoms with E-state index in [0.717, 1.165) is 25.2 Å². The number of fused-ring (bicyclic) bond motifs is 1. The summed E-state index contributed by atoms with van der Waals surface area (Å²) in [5.74, 6) is -2.27. The quantitative estimate of drug-likeness (QED) is 0.282. The fourth-order valence-electron chi connectivity index (χ4n) is 4.20. The number of ether oxygens (including phenoxy) is 2. The van der Waals surface area contributed by atoms with Crippen molar-refractivity contribution in [2.24, 2.45) is 5.14 Å². The molecule has 1 aliphatic rings. The number of morpholine rings is 1. The average Bonchev–Trinajstić information content (AvgIpc) is 2.87. The van der Waals surface area contributed by atoms with Gasteiger partial charge in [0.05, 0.1) is 29.9 Å². The molecular formula is C23H26F2N6O6S. The molecule has 3 aromatic rings. The van der Waals surface area contributed by atoms with Gasteiger partial charge in [-0.2, -0.15) is 0 Å². The van der Waals surface area contributed by atoms with Gasteiger partial charge in [0.1, 0.15) is 29.0 Å². The highest BCUT2D eigenvalue weighted by atomic mass is 32.2. The highest BCUT2D eigenvalue weighted by Gasteiger charge is 2.29. The van der Waals surface area contributed by atoms with Gasteiger partial charge in [0, 0.05) is 25.2 Å². The van der Waals surface area contributed by atoms with E-state index in [1.807, 2.05) is 0 Å². The number of nitrogens with zero attached hydrogens (tertiary/aromatic N) is 4. The first-order valence-electron chi connectivity index (χ1n) is 11.7. The topological polar surface area (TPSA) is 163 Å². The molecule has 0 radical (unpaired) electrons. The van der Waals surface area contributed by atoms with E-state index >= 15 is 4.39 Å². The van der Waals surface area contributed by atoms with Crippen LogP contribution >= 0.6 is 0 Å². The number of nitro benzene ring substituents is 1. The predicted octanol–water partition coefficient (Wildman–Crippen LogP) is 3.01. The molecule has 0 saturated carbocycles. The fraction of sp³-hybridized carbons (Fsp3) is 0.391. The lowest BCUT2D eigenvalue weighted by Crippen LogP contribution is -2.38. The van der Waals surface area contributed by atoms with Gasteiger partial charge in [-0.05, 0) is 24.6 Å². The van der Waals surface area contributed by atoms with Crippen molar-refractivity contribution in [3.63, 3.8) is 0 Å². The summed E-state index contributed by atoms with van der Waals surface area (Å²) in [6, 6.07) is 4.47. The van der Waals surface area contributed by atoms with Crippen LogP contribution in [-0.2, 0) is 14.8 Å². The zero-order chi connectivity index (χ0) is 27.4. The van der Waals surface area contributed by atoms with Crippen LogP contribution in [0, 0.1) is 21.7 Å². The third kappa shape index (κ3) is 5.96. The Kier molecular flexibility index (Phi) is 8.30. The molecular weight excluding hydrogens is 526 g/mol. The van der Waals surface area contributed by atoms with Crippen molar-refractivity contribution in [1.82, 2.24) is 14.9 Å². The third-order valence-electron chi connectivity index (χ3n) is 6.10. The first-order valence-corrected chi connectivity index (χ1v) is 13.3. The first-order chi connectivity index (χ1) is 18.1. The summed E-state index contributed by atoms with van der Waals surface area (Å²) in [6.07, 6.45) is 1.26. The number of aromatic nitrogens is 2. The lowest BCUT2D eigenvalue weighted by molar-refractivity contribution is -0.382. The molecule has 0 bridgehead atoms. The highest BCUT2D eigenvalue weighted by molar-refractivity contribution is 7.89. The van der Waals surface area contributed by atoms with Crippen LogP contribution in [0.25, 0.3) is 11.0 Å². The van der Waals surface area contributed by atoms with E-state index in [1.54, 1.807) is 0 Å². The van der Waals surface area contributed by atoms with E-state index < -0.39 is 43.2 Å².